The number of allylic oxidation sites excluding steroid dienone is 1. The molecule has 1 N–H and O–H groups in total. The van der Waals surface area contributed by atoms with Crippen LogP contribution in [0.5, 0.6) is 0 Å². The minimum atomic E-state index is -5.96. The number of Topliss-reactive ketones (excluding diaryl/α,β-unsaturated/α-hetero) is 1. The van der Waals surface area contributed by atoms with Crippen molar-refractivity contribution >= 4 is 27.4 Å². The van der Waals surface area contributed by atoms with E-state index < -0.39 is 55.4 Å². The summed E-state index contributed by atoms with van der Waals surface area (Å²) in [5, 5.41) is 1.79. The molecule has 6 nitrogen and oxygen atoms in total. The maximum absolute atomic E-state index is 12.8. The van der Waals surface area contributed by atoms with Crippen molar-refractivity contribution < 1.29 is 36.0 Å². The van der Waals surface area contributed by atoms with Crippen molar-refractivity contribution in [3.63, 3.8) is 0 Å². The molecule has 0 radical (unpaired) electrons. The maximum atomic E-state index is 12.8. The Balaban J connectivity index is 2.29. The molecule has 1 heterocycles. The number of halogens is 3. The van der Waals surface area contributed by atoms with E-state index in [1.54, 1.807) is 5.32 Å². The number of carbonyl (C=O) groups excluding carboxylic acids is 3. The van der Waals surface area contributed by atoms with Crippen molar-refractivity contribution in [3.8, 4) is 0 Å². The fourth-order valence-corrected chi connectivity index (χ4v) is 4.86. The van der Waals surface area contributed by atoms with Gasteiger partial charge in [-0.3, -0.25) is 19.7 Å². The fourth-order valence-electron chi connectivity index (χ4n) is 3.23. The molecule has 4 atom stereocenters. The van der Waals surface area contributed by atoms with Gasteiger partial charge < -0.3 is 0 Å². The number of alkyl halides is 3. The molecule has 0 aromatic carbocycles. The third-order valence-electron chi connectivity index (χ3n) is 4.03. The molecule has 10 heteroatoms. The van der Waals surface area contributed by atoms with Crippen LogP contribution in [0.4, 0.5) is 13.2 Å². The molecule has 2 amide bonds. The SMILES string of the molecule is O=C1NC(=O)C2C1C1C=CC2(S(=O)(=O)C(F)(F)F)C1=O. The molecule has 0 aromatic rings. The van der Waals surface area contributed by atoms with Crippen molar-refractivity contribution in [1.82, 2.24) is 5.32 Å². The highest BCUT2D eigenvalue weighted by molar-refractivity contribution is 7.94. The van der Waals surface area contributed by atoms with Crippen LogP contribution in [-0.2, 0) is 24.2 Å². The second-order valence-corrected chi connectivity index (χ2v) is 6.99. The summed E-state index contributed by atoms with van der Waals surface area (Å²) in [7, 11) is -5.96. The number of carbonyl (C=O) groups is 3. The highest BCUT2D eigenvalue weighted by atomic mass is 32.2. The first-order chi connectivity index (χ1) is 9.05. The van der Waals surface area contributed by atoms with E-state index in [1.165, 1.54) is 0 Å². The van der Waals surface area contributed by atoms with Gasteiger partial charge in [-0.25, -0.2) is 8.42 Å². The standard InChI is InChI=1S/C10H6F3NO5S/c11-10(12,13)20(18,19)9-2-1-3(6(9)15)4-5(9)8(17)14-7(4)16/h1-5H,(H,14,16,17). The Labute approximate surface area is 109 Å². The number of fused-ring (bicyclic) bond motifs is 5. The van der Waals surface area contributed by atoms with Gasteiger partial charge in [-0.1, -0.05) is 12.2 Å². The fraction of sp³-hybridized carbons (Fsp3) is 0.500. The predicted octanol–water partition coefficient (Wildman–Crippen LogP) is -0.683. The van der Waals surface area contributed by atoms with Crippen LogP contribution in [0.25, 0.3) is 0 Å². The number of hydrogen-bond acceptors (Lipinski definition) is 5. The second-order valence-electron chi connectivity index (χ2n) is 4.85. The van der Waals surface area contributed by atoms with Gasteiger partial charge in [0.15, 0.2) is 10.5 Å². The normalized spacial score (nSPS) is 39.4. The number of sulfone groups is 1. The molecule has 4 unspecified atom stereocenters. The predicted molar refractivity (Wildman–Crippen MR) is 55.5 cm³/mol. The molecular formula is C10H6F3NO5S. The van der Waals surface area contributed by atoms with Gasteiger partial charge in [-0.05, 0) is 0 Å². The molecule has 2 bridgehead atoms. The van der Waals surface area contributed by atoms with E-state index in [9.17, 15) is 36.0 Å². The van der Waals surface area contributed by atoms with Crippen LogP contribution >= 0.6 is 0 Å². The third kappa shape index (κ3) is 1.12. The van der Waals surface area contributed by atoms with E-state index in [1.807, 2.05) is 0 Å². The summed E-state index contributed by atoms with van der Waals surface area (Å²) in [6.07, 6.45) is 1.56. The van der Waals surface area contributed by atoms with E-state index in [4.69, 9.17) is 0 Å². The first-order valence-electron chi connectivity index (χ1n) is 5.45. The summed E-state index contributed by atoms with van der Waals surface area (Å²) in [6, 6.07) is 0. The zero-order valence-electron chi connectivity index (χ0n) is 9.47. The molecule has 20 heavy (non-hydrogen) atoms. The minimum absolute atomic E-state index is 0.599. The monoisotopic (exact) mass is 309 g/mol. The van der Waals surface area contributed by atoms with Gasteiger partial charge in [-0.15, -0.1) is 0 Å². The largest absolute Gasteiger partial charge is 0.498 e. The average Bonchev–Trinajstić information content (AvgIpc) is 2.88. The van der Waals surface area contributed by atoms with Gasteiger partial charge >= 0.3 is 5.51 Å². The Kier molecular flexibility index (Phi) is 2.19. The summed E-state index contributed by atoms with van der Waals surface area (Å²) in [5.41, 5.74) is -5.69. The molecule has 2 aliphatic carbocycles. The molecule has 1 aliphatic heterocycles. The lowest BCUT2D eigenvalue weighted by Gasteiger charge is -2.28. The van der Waals surface area contributed by atoms with E-state index >= 15 is 0 Å². The molecule has 1 saturated heterocycles. The Bertz CT molecular complexity index is 694. The topological polar surface area (TPSA) is 97.4 Å². The van der Waals surface area contributed by atoms with Gasteiger partial charge in [0.1, 0.15) is 0 Å². The van der Waals surface area contributed by atoms with Crippen molar-refractivity contribution in [2.75, 3.05) is 0 Å². The lowest BCUT2D eigenvalue weighted by atomic mass is 9.85. The highest BCUT2D eigenvalue weighted by Gasteiger charge is 2.78. The molecule has 2 fully saturated rings. The van der Waals surface area contributed by atoms with Crippen LogP contribution in [0.2, 0.25) is 0 Å². The van der Waals surface area contributed by atoms with Crippen LogP contribution < -0.4 is 5.32 Å². The Morgan fingerprint density at radius 2 is 1.75 bits per heavy atom. The summed E-state index contributed by atoms with van der Waals surface area (Å²) in [4.78, 5) is 35.2. The number of ketones is 1. The van der Waals surface area contributed by atoms with Crippen molar-refractivity contribution in [2.24, 2.45) is 17.8 Å². The van der Waals surface area contributed by atoms with Gasteiger partial charge in [0.25, 0.3) is 9.84 Å². The second kappa shape index (κ2) is 3.30. The Morgan fingerprint density at radius 1 is 1.15 bits per heavy atom. The number of amides is 2. The van der Waals surface area contributed by atoms with E-state index in [0.717, 1.165) is 6.08 Å². The van der Waals surface area contributed by atoms with E-state index in [-0.39, 0.29) is 0 Å². The Hall–Kier alpha value is -1.71. The van der Waals surface area contributed by atoms with Gasteiger partial charge in [0.2, 0.25) is 11.8 Å². The third-order valence-corrected chi connectivity index (χ3v) is 6.12. The number of nitrogens with one attached hydrogen (secondary N) is 1. The molecular weight excluding hydrogens is 303 g/mol. The maximum Gasteiger partial charge on any atom is 0.498 e. The number of rotatable bonds is 1. The molecule has 3 aliphatic rings. The van der Waals surface area contributed by atoms with Gasteiger partial charge in [-0.2, -0.15) is 13.2 Å². The molecule has 0 aromatic heterocycles. The summed E-state index contributed by atoms with van der Waals surface area (Å²) < 4.78 is 58.9. The number of hydrogen-bond donors (Lipinski definition) is 1. The Morgan fingerprint density at radius 3 is 2.30 bits per heavy atom. The molecule has 108 valence electrons. The quantitative estimate of drug-likeness (QED) is 0.511. The number of imide groups is 1. The van der Waals surface area contributed by atoms with Crippen molar-refractivity contribution in [1.29, 1.82) is 0 Å². The van der Waals surface area contributed by atoms with Crippen LogP contribution in [0.15, 0.2) is 12.2 Å². The molecule has 0 spiro atoms. The average molecular weight is 309 g/mol. The minimum Gasteiger partial charge on any atom is -0.297 e. The molecule has 3 rings (SSSR count). The van der Waals surface area contributed by atoms with E-state index in [2.05, 4.69) is 0 Å². The van der Waals surface area contributed by atoms with Crippen LogP contribution in [0.1, 0.15) is 0 Å². The summed E-state index contributed by atoms with van der Waals surface area (Å²) in [5.74, 6) is -7.85. The zero-order valence-corrected chi connectivity index (χ0v) is 10.3. The van der Waals surface area contributed by atoms with Gasteiger partial charge in [0, 0.05) is 0 Å². The highest BCUT2D eigenvalue weighted by Crippen LogP contribution is 2.57. The first kappa shape index (κ1) is 13.3. The van der Waals surface area contributed by atoms with E-state index in [0.29, 0.717) is 6.08 Å². The van der Waals surface area contributed by atoms with Crippen molar-refractivity contribution in [2.45, 2.75) is 10.3 Å². The summed E-state index contributed by atoms with van der Waals surface area (Å²) >= 11 is 0. The van der Waals surface area contributed by atoms with Crippen molar-refractivity contribution in [3.05, 3.63) is 12.2 Å². The van der Waals surface area contributed by atoms with Crippen LogP contribution in [0, 0.1) is 17.8 Å². The lowest BCUT2D eigenvalue weighted by Crippen LogP contribution is -2.54. The first-order valence-corrected chi connectivity index (χ1v) is 6.93. The van der Waals surface area contributed by atoms with Crippen LogP contribution in [0.3, 0.4) is 0 Å². The van der Waals surface area contributed by atoms with Crippen LogP contribution in [-0.4, -0.2) is 36.3 Å². The van der Waals surface area contributed by atoms with Gasteiger partial charge in [0.05, 0.1) is 17.8 Å². The summed E-state index contributed by atoms with van der Waals surface area (Å²) in [6.45, 7) is 0. The molecule has 1 saturated carbocycles. The zero-order chi connectivity index (χ0) is 15.1. The smallest absolute Gasteiger partial charge is 0.297 e. The lowest BCUT2D eigenvalue weighted by molar-refractivity contribution is -0.130.